The molecule has 0 aliphatic heterocycles. The van der Waals surface area contributed by atoms with E-state index in [1.54, 1.807) is 31.4 Å². The summed E-state index contributed by atoms with van der Waals surface area (Å²) < 4.78 is 86.5. The highest BCUT2D eigenvalue weighted by Crippen LogP contribution is 2.39. The third-order valence-electron chi connectivity index (χ3n) is 5.26. The van der Waals surface area contributed by atoms with Gasteiger partial charge in [-0.25, -0.2) is 8.78 Å². The minimum Gasteiger partial charge on any atom is -0.591 e. The van der Waals surface area contributed by atoms with Crippen molar-refractivity contribution in [2.75, 3.05) is 0 Å². The first kappa shape index (κ1) is 27.2. The number of aromatic nitrogens is 1. The van der Waals surface area contributed by atoms with Crippen LogP contribution in [-0.4, -0.2) is 26.0 Å². The maximum absolute atomic E-state index is 14.1. The molecule has 0 fully saturated rings. The molecule has 190 valence electrons. The van der Waals surface area contributed by atoms with Gasteiger partial charge in [-0.3, -0.25) is 0 Å². The molecule has 1 atom stereocenters. The number of rotatable bonds is 5. The standard InChI is InChI=1S/C26H29F5N2OS/c1-24(2,3)15-33-14-19(22(23(27)28)32-35(34)25(4,5)6)18-12-11-16(13-21(18)33)17-9-7-8-10-20(17)26(29,30)31/h7-14,23H,15H2,1-6H3. The molecule has 35 heavy (non-hydrogen) atoms. The smallest absolute Gasteiger partial charge is 0.417 e. The zero-order valence-corrected chi connectivity index (χ0v) is 21.3. The van der Waals surface area contributed by atoms with Gasteiger partial charge in [0.15, 0.2) is 5.71 Å². The number of nitrogens with zero attached hydrogens (tertiary/aromatic N) is 2. The van der Waals surface area contributed by atoms with Crippen molar-refractivity contribution in [1.29, 1.82) is 0 Å². The fourth-order valence-corrected chi connectivity index (χ4v) is 4.35. The van der Waals surface area contributed by atoms with E-state index in [-0.39, 0.29) is 16.5 Å². The van der Waals surface area contributed by atoms with E-state index in [0.29, 0.717) is 23.0 Å². The molecule has 0 spiro atoms. The van der Waals surface area contributed by atoms with E-state index in [1.807, 2.05) is 20.8 Å². The molecule has 0 N–H and O–H groups in total. The number of alkyl halides is 5. The van der Waals surface area contributed by atoms with E-state index in [4.69, 9.17) is 0 Å². The Kier molecular flexibility index (Phi) is 7.44. The van der Waals surface area contributed by atoms with Crippen LogP contribution in [0.25, 0.3) is 22.0 Å². The van der Waals surface area contributed by atoms with Crippen LogP contribution in [0.1, 0.15) is 52.7 Å². The summed E-state index contributed by atoms with van der Waals surface area (Å²) in [4.78, 5) is 0. The van der Waals surface area contributed by atoms with Gasteiger partial charge in [0.2, 0.25) is 0 Å². The van der Waals surface area contributed by atoms with Crippen molar-refractivity contribution >= 4 is 28.0 Å². The Morgan fingerprint density at radius 2 is 1.63 bits per heavy atom. The Morgan fingerprint density at radius 1 is 1.00 bits per heavy atom. The highest BCUT2D eigenvalue weighted by atomic mass is 32.2. The molecule has 0 saturated heterocycles. The number of benzene rings is 2. The maximum atomic E-state index is 14.1. The van der Waals surface area contributed by atoms with Crippen LogP contribution in [0.15, 0.2) is 53.1 Å². The van der Waals surface area contributed by atoms with Crippen molar-refractivity contribution in [2.24, 2.45) is 9.81 Å². The van der Waals surface area contributed by atoms with Crippen LogP contribution >= 0.6 is 0 Å². The van der Waals surface area contributed by atoms with Crippen LogP contribution in [-0.2, 0) is 24.1 Å². The second-order valence-electron chi connectivity index (χ2n) is 10.6. The molecular weight excluding hydrogens is 483 g/mol. The molecule has 1 aromatic heterocycles. The van der Waals surface area contributed by atoms with Gasteiger partial charge in [-0.15, -0.1) is 0 Å². The van der Waals surface area contributed by atoms with Crippen LogP contribution in [0.5, 0.6) is 0 Å². The minimum atomic E-state index is -4.55. The predicted molar refractivity (Wildman–Crippen MR) is 132 cm³/mol. The number of halogens is 5. The number of hydrogen-bond donors (Lipinski definition) is 0. The first-order chi connectivity index (χ1) is 16.0. The van der Waals surface area contributed by atoms with Gasteiger partial charge in [0.1, 0.15) is 16.1 Å². The summed E-state index contributed by atoms with van der Waals surface area (Å²) in [5.74, 6) is 0. The molecule has 3 rings (SSSR count). The summed E-state index contributed by atoms with van der Waals surface area (Å²) in [7, 11) is 0. The minimum absolute atomic E-state index is 0.00328. The SMILES string of the molecule is CC(C)(C)Cn1cc(C(=N[S+]([O-])C(C)(C)C)C(F)F)c2ccc(-c3ccccc3C(F)(F)F)cc21. The van der Waals surface area contributed by atoms with Crippen molar-refractivity contribution in [3.05, 3.63) is 59.8 Å². The van der Waals surface area contributed by atoms with Gasteiger partial charge < -0.3 is 9.12 Å². The highest BCUT2D eigenvalue weighted by molar-refractivity contribution is 7.91. The van der Waals surface area contributed by atoms with E-state index >= 15 is 0 Å². The first-order valence-corrected chi connectivity index (χ1v) is 12.2. The van der Waals surface area contributed by atoms with Crippen LogP contribution in [0.3, 0.4) is 0 Å². The van der Waals surface area contributed by atoms with E-state index < -0.39 is 40.0 Å². The summed E-state index contributed by atoms with van der Waals surface area (Å²) in [6.07, 6.45) is -6.00. The number of hydrogen-bond acceptors (Lipinski definition) is 2. The van der Waals surface area contributed by atoms with Crippen LogP contribution in [0.4, 0.5) is 22.0 Å². The fourth-order valence-electron chi connectivity index (χ4n) is 3.72. The molecule has 0 bridgehead atoms. The van der Waals surface area contributed by atoms with Crippen LogP contribution in [0, 0.1) is 5.41 Å². The quantitative estimate of drug-likeness (QED) is 0.195. The van der Waals surface area contributed by atoms with Gasteiger partial charge in [0.05, 0.1) is 5.56 Å². The Morgan fingerprint density at radius 3 is 2.17 bits per heavy atom. The topological polar surface area (TPSA) is 40.3 Å². The predicted octanol–water partition coefficient (Wildman–Crippen LogP) is 7.89. The maximum Gasteiger partial charge on any atom is 0.417 e. The molecular formula is C26H29F5N2OS. The van der Waals surface area contributed by atoms with Gasteiger partial charge in [-0.1, -0.05) is 55.5 Å². The Bertz CT molecular complexity index is 1230. The molecule has 0 saturated carbocycles. The summed E-state index contributed by atoms with van der Waals surface area (Å²) in [6.45, 7) is 11.3. The van der Waals surface area contributed by atoms with Crippen LogP contribution in [0.2, 0.25) is 0 Å². The van der Waals surface area contributed by atoms with Crippen molar-refractivity contribution in [3.8, 4) is 11.1 Å². The van der Waals surface area contributed by atoms with Gasteiger partial charge in [-0.05, 0) is 49.4 Å². The van der Waals surface area contributed by atoms with Crippen molar-refractivity contribution < 1.29 is 26.5 Å². The van der Waals surface area contributed by atoms with Crippen molar-refractivity contribution in [1.82, 2.24) is 4.57 Å². The monoisotopic (exact) mass is 512 g/mol. The van der Waals surface area contributed by atoms with E-state index in [1.165, 1.54) is 36.5 Å². The Labute approximate surface area is 205 Å². The van der Waals surface area contributed by atoms with Gasteiger partial charge in [0, 0.05) is 29.2 Å². The average Bonchev–Trinajstić information content (AvgIpc) is 3.06. The Hall–Kier alpha value is -2.39. The largest absolute Gasteiger partial charge is 0.591 e. The van der Waals surface area contributed by atoms with E-state index in [2.05, 4.69) is 4.40 Å². The summed E-state index contributed by atoms with van der Waals surface area (Å²) in [5.41, 5.74) is -0.683. The zero-order chi connectivity index (χ0) is 26.3. The molecule has 0 aliphatic rings. The summed E-state index contributed by atoms with van der Waals surface area (Å²) >= 11 is -1.91. The average molecular weight is 513 g/mol. The molecule has 9 heteroatoms. The van der Waals surface area contributed by atoms with Gasteiger partial charge in [-0.2, -0.15) is 13.2 Å². The summed E-state index contributed by atoms with van der Waals surface area (Å²) in [5, 5.41) is 0.410. The molecule has 0 radical (unpaired) electrons. The lowest BCUT2D eigenvalue weighted by Crippen LogP contribution is -2.28. The third-order valence-corrected chi connectivity index (χ3v) is 6.67. The Balaban J connectivity index is 2.28. The van der Waals surface area contributed by atoms with Crippen molar-refractivity contribution in [3.63, 3.8) is 0 Å². The normalized spacial score (nSPS) is 14.7. The van der Waals surface area contributed by atoms with E-state index in [0.717, 1.165) is 6.07 Å². The lowest BCUT2D eigenvalue weighted by molar-refractivity contribution is -0.137. The highest BCUT2D eigenvalue weighted by Gasteiger charge is 2.34. The molecule has 2 aromatic carbocycles. The number of fused-ring (bicyclic) bond motifs is 1. The van der Waals surface area contributed by atoms with Crippen molar-refractivity contribution in [2.45, 2.75) is 65.4 Å². The lowest BCUT2D eigenvalue weighted by atomic mass is 9.96. The molecule has 1 unspecified atom stereocenters. The van der Waals surface area contributed by atoms with Gasteiger partial charge in [0.25, 0.3) is 6.43 Å². The molecule has 3 nitrogen and oxygen atoms in total. The van der Waals surface area contributed by atoms with Gasteiger partial charge >= 0.3 is 6.18 Å². The summed E-state index contributed by atoms with van der Waals surface area (Å²) in [6, 6.07) is 9.86. The molecule has 0 aliphatic carbocycles. The second-order valence-corrected chi connectivity index (χ2v) is 12.6. The molecule has 3 aromatic rings. The lowest BCUT2D eigenvalue weighted by Gasteiger charge is -2.20. The molecule has 1 heterocycles. The third kappa shape index (κ3) is 6.25. The fraction of sp³-hybridized carbons (Fsp3) is 0.423. The van der Waals surface area contributed by atoms with E-state index in [9.17, 15) is 26.5 Å². The second kappa shape index (κ2) is 9.58. The molecule has 0 amide bonds. The van der Waals surface area contributed by atoms with Crippen LogP contribution < -0.4 is 0 Å². The first-order valence-electron chi connectivity index (χ1n) is 11.1. The zero-order valence-electron chi connectivity index (χ0n) is 20.5.